The Morgan fingerprint density at radius 1 is 1.55 bits per heavy atom. The Kier molecular flexibility index (Phi) is 2.75. The Morgan fingerprint density at radius 3 is 2.55 bits per heavy atom. The predicted octanol–water partition coefficient (Wildman–Crippen LogP) is 1.01. The number of aromatic nitrogens is 2. The van der Waals surface area contributed by atoms with Gasteiger partial charge in [0.2, 0.25) is 0 Å². The van der Waals surface area contributed by atoms with Crippen LogP contribution in [0, 0.1) is 3.57 Å². The van der Waals surface area contributed by atoms with Gasteiger partial charge in [0.25, 0.3) is 0 Å². The Balaban J connectivity index is 2.74. The molecule has 0 N–H and O–H groups in total. The highest BCUT2D eigenvalue weighted by atomic mass is 127. The second kappa shape index (κ2) is 3.61. The van der Waals surface area contributed by atoms with Crippen molar-refractivity contribution in [2.24, 2.45) is 0 Å². The third-order valence-corrected chi connectivity index (χ3v) is 1.39. The molecular weight excluding hydrogens is 259 g/mol. The fourth-order valence-electron chi connectivity index (χ4n) is 0.482. The first-order chi connectivity index (χ1) is 5.18. The summed E-state index contributed by atoms with van der Waals surface area (Å²) in [5, 5.41) is 0. The van der Waals surface area contributed by atoms with Gasteiger partial charge in [-0.2, -0.15) is 0 Å². The van der Waals surface area contributed by atoms with Gasteiger partial charge < -0.3 is 4.74 Å². The fraction of sp³-hybridized carbons (Fsp3) is 0.167. The average molecular weight is 264 g/mol. The maximum absolute atomic E-state index is 10.4. The van der Waals surface area contributed by atoms with Crippen LogP contribution in [0.15, 0.2) is 12.4 Å². The molecule has 1 rings (SSSR count). The van der Waals surface area contributed by atoms with E-state index in [1.54, 1.807) is 12.4 Å². The van der Waals surface area contributed by atoms with Gasteiger partial charge in [-0.1, -0.05) is 0 Å². The Hall–Kier alpha value is -0.720. The van der Waals surface area contributed by atoms with Gasteiger partial charge in [-0.25, -0.2) is 9.97 Å². The Morgan fingerprint density at radius 2 is 2.09 bits per heavy atom. The lowest BCUT2D eigenvalue weighted by molar-refractivity contribution is -0.132. The molecule has 0 unspecified atom stereocenters. The lowest BCUT2D eigenvalue weighted by Crippen LogP contribution is -2.04. The van der Waals surface area contributed by atoms with E-state index in [1.165, 1.54) is 6.92 Å². The first kappa shape index (κ1) is 8.38. The van der Waals surface area contributed by atoms with Crippen molar-refractivity contribution in [1.29, 1.82) is 0 Å². The minimum absolute atomic E-state index is 0.0953. The van der Waals surface area contributed by atoms with Crippen LogP contribution in [-0.2, 0) is 4.79 Å². The van der Waals surface area contributed by atoms with Crippen LogP contribution in [0.25, 0.3) is 0 Å². The van der Waals surface area contributed by atoms with Crippen molar-refractivity contribution in [3.63, 3.8) is 0 Å². The van der Waals surface area contributed by atoms with E-state index in [4.69, 9.17) is 0 Å². The standard InChI is InChI=1S/C6H5IN2O2/c1-4(10)11-6-8-2-5(7)3-9-6/h2-3H,1H3. The second-order valence-corrected chi connectivity index (χ2v) is 3.02. The van der Waals surface area contributed by atoms with Crippen LogP contribution in [0.5, 0.6) is 6.01 Å². The summed E-state index contributed by atoms with van der Waals surface area (Å²) < 4.78 is 5.51. The van der Waals surface area contributed by atoms with E-state index in [2.05, 4.69) is 37.3 Å². The topological polar surface area (TPSA) is 52.1 Å². The molecule has 0 spiro atoms. The summed E-state index contributed by atoms with van der Waals surface area (Å²) >= 11 is 2.06. The van der Waals surface area contributed by atoms with Crippen LogP contribution in [0.4, 0.5) is 0 Å². The maximum Gasteiger partial charge on any atom is 0.324 e. The summed E-state index contributed by atoms with van der Waals surface area (Å²) in [4.78, 5) is 17.9. The molecule has 0 aromatic carbocycles. The summed E-state index contributed by atoms with van der Waals surface area (Å²) in [6.45, 7) is 1.31. The molecule has 0 radical (unpaired) electrons. The van der Waals surface area contributed by atoms with E-state index in [0.717, 1.165) is 3.57 Å². The normalized spacial score (nSPS) is 9.27. The maximum atomic E-state index is 10.4. The number of hydrogen-bond acceptors (Lipinski definition) is 4. The molecule has 0 aliphatic carbocycles. The summed E-state index contributed by atoms with van der Waals surface area (Å²) in [5.41, 5.74) is 0. The second-order valence-electron chi connectivity index (χ2n) is 1.78. The molecule has 1 aromatic heterocycles. The van der Waals surface area contributed by atoms with Crippen LogP contribution in [0.1, 0.15) is 6.92 Å². The monoisotopic (exact) mass is 264 g/mol. The molecule has 0 bridgehead atoms. The van der Waals surface area contributed by atoms with E-state index >= 15 is 0 Å². The molecule has 58 valence electrons. The molecule has 0 saturated heterocycles. The number of ether oxygens (including phenoxy) is 1. The molecule has 0 atom stereocenters. The minimum atomic E-state index is -0.411. The van der Waals surface area contributed by atoms with Crippen molar-refractivity contribution in [3.8, 4) is 6.01 Å². The number of hydrogen-bond donors (Lipinski definition) is 0. The van der Waals surface area contributed by atoms with Crippen LogP contribution in [0.3, 0.4) is 0 Å². The number of carbonyl (C=O) groups is 1. The first-order valence-corrected chi connectivity index (χ1v) is 3.92. The smallest absolute Gasteiger partial charge is 0.324 e. The molecule has 1 aromatic rings. The van der Waals surface area contributed by atoms with Gasteiger partial charge in [0.15, 0.2) is 0 Å². The lowest BCUT2D eigenvalue weighted by atomic mass is 10.7. The van der Waals surface area contributed by atoms with Gasteiger partial charge in [0, 0.05) is 22.9 Å². The number of rotatable bonds is 1. The summed E-state index contributed by atoms with van der Waals surface area (Å²) in [7, 11) is 0. The SMILES string of the molecule is CC(=O)Oc1ncc(I)cn1. The summed E-state index contributed by atoms with van der Waals surface area (Å²) in [6, 6.07) is 0.0953. The van der Waals surface area contributed by atoms with Gasteiger partial charge in [-0.15, -0.1) is 0 Å². The molecular formula is C6H5IN2O2. The van der Waals surface area contributed by atoms with E-state index in [0.29, 0.717) is 0 Å². The minimum Gasteiger partial charge on any atom is -0.391 e. The third kappa shape index (κ3) is 2.79. The number of esters is 1. The van der Waals surface area contributed by atoms with Crippen LogP contribution in [-0.4, -0.2) is 15.9 Å². The number of carbonyl (C=O) groups excluding carboxylic acids is 1. The highest BCUT2D eigenvalue weighted by Crippen LogP contribution is 2.04. The zero-order chi connectivity index (χ0) is 8.27. The van der Waals surface area contributed by atoms with Gasteiger partial charge in [0.05, 0.1) is 0 Å². The van der Waals surface area contributed by atoms with E-state index in [9.17, 15) is 4.79 Å². The van der Waals surface area contributed by atoms with Crippen LogP contribution < -0.4 is 4.74 Å². The van der Waals surface area contributed by atoms with Gasteiger partial charge in [-0.3, -0.25) is 4.79 Å². The molecule has 0 fully saturated rings. The van der Waals surface area contributed by atoms with Crippen molar-refractivity contribution >= 4 is 28.6 Å². The van der Waals surface area contributed by atoms with E-state index in [1.807, 2.05) is 0 Å². The molecule has 0 amide bonds. The Labute approximate surface area is 77.1 Å². The van der Waals surface area contributed by atoms with Crippen LogP contribution >= 0.6 is 22.6 Å². The number of halogens is 1. The summed E-state index contributed by atoms with van der Waals surface area (Å²) in [5.74, 6) is -0.411. The zero-order valence-corrected chi connectivity index (χ0v) is 7.90. The molecule has 11 heavy (non-hydrogen) atoms. The fourth-order valence-corrected chi connectivity index (χ4v) is 0.760. The molecule has 0 aliphatic heterocycles. The van der Waals surface area contributed by atoms with E-state index < -0.39 is 5.97 Å². The third-order valence-electron chi connectivity index (χ3n) is 0.832. The molecule has 0 aliphatic rings. The van der Waals surface area contributed by atoms with Crippen molar-refractivity contribution in [1.82, 2.24) is 9.97 Å². The molecule has 4 nitrogen and oxygen atoms in total. The summed E-state index contributed by atoms with van der Waals surface area (Å²) in [6.07, 6.45) is 3.15. The van der Waals surface area contributed by atoms with Crippen molar-refractivity contribution < 1.29 is 9.53 Å². The quantitative estimate of drug-likeness (QED) is 0.561. The average Bonchev–Trinajstić information content (AvgIpc) is 1.93. The van der Waals surface area contributed by atoms with Crippen molar-refractivity contribution in [2.45, 2.75) is 6.92 Å². The first-order valence-electron chi connectivity index (χ1n) is 2.84. The van der Waals surface area contributed by atoms with Crippen molar-refractivity contribution in [2.75, 3.05) is 0 Å². The van der Waals surface area contributed by atoms with Gasteiger partial charge >= 0.3 is 12.0 Å². The van der Waals surface area contributed by atoms with E-state index in [-0.39, 0.29) is 6.01 Å². The zero-order valence-electron chi connectivity index (χ0n) is 5.74. The van der Waals surface area contributed by atoms with Crippen LogP contribution in [0.2, 0.25) is 0 Å². The highest BCUT2D eigenvalue weighted by molar-refractivity contribution is 14.1. The molecule has 0 saturated carbocycles. The molecule has 5 heteroatoms. The predicted molar refractivity (Wildman–Crippen MR) is 46.1 cm³/mol. The van der Waals surface area contributed by atoms with Gasteiger partial charge in [-0.05, 0) is 22.6 Å². The largest absolute Gasteiger partial charge is 0.391 e. The molecule has 1 heterocycles. The van der Waals surface area contributed by atoms with Crippen molar-refractivity contribution in [3.05, 3.63) is 16.0 Å². The lowest BCUT2D eigenvalue weighted by Gasteiger charge is -1.96. The van der Waals surface area contributed by atoms with Gasteiger partial charge in [0.1, 0.15) is 0 Å². The highest BCUT2D eigenvalue weighted by Gasteiger charge is 1.98. The number of nitrogens with zero attached hydrogens (tertiary/aromatic N) is 2. The Bertz CT molecular complexity index is 260.